The summed E-state index contributed by atoms with van der Waals surface area (Å²) in [6.07, 6.45) is 4.35. The molecule has 8 nitrogen and oxygen atoms in total. The maximum Gasteiger partial charge on any atom is 0.175 e. The summed E-state index contributed by atoms with van der Waals surface area (Å²) in [5, 5.41) is 13.1. The van der Waals surface area contributed by atoms with E-state index in [4.69, 9.17) is 4.98 Å². The van der Waals surface area contributed by atoms with Crippen molar-refractivity contribution in [3.8, 4) is 5.82 Å². The van der Waals surface area contributed by atoms with Crippen LogP contribution in [0.2, 0.25) is 0 Å². The summed E-state index contributed by atoms with van der Waals surface area (Å²) in [4.78, 5) is 14.1. The van der Waals surface area contributed by atoms with Crippen molar-refractivity contribution in [1.82, 2.24) is 29.9 Å². The van der Waals surface area contributed by atoms with Gasteiger partial charge in [-0.1, -0.05) is 0 Å². The Kier molecular flexibility index (Phi) is 4.18. The summed E-state index contributed by atoms with van der Waals surface area (Å²) in [6, 6.07) is 8.05. The smallest absolute Gasteiger partial charge is 0.175 e. The van der Waals surface area contributed by atoms with E-state index in [1.807, 2.05) is 31.3 Å². The lowest BCUT2D eigenvalue weighted by atomic mass is 10.2. The molecule has 3 aromatic heterocycles. The average Bonchev–Trinajstić information content (AvgIpc) is 3.49. The molecular weight excluding hydrogens is 352 g/mol. The van der Waals surface area contributed by atoms with E-state index in [0.717, 1.165) is 60.8 Å². The zero-order chi connectivity index (χ0) is 19.1. The molecule has 5 rings (SSSR count). The molecule has 0 radical (unpaired) electrons. The molecule has 2 fully saturated rings. The highest BCUT2D eigenvalue weighted by Crippen LogP contribution is 2.38. The number of hydrogen-bond donors (Lipinski definition) is 0. The van der Waals surface area contributed by atoms with Gasteiger partial charge in [-0.2, -0.15) is 5.10 Å². The first kappa shape index (κ1) is 17.1. The van der Waals surface area contributed by atoms with Crippen LogP contribution in [-0.4, -0.2) is 56.1 Å². The first-order valence-corrected chi connectivity index (χ1v) is 9.87. The second-order valence-corrected chi connectivity index (χ2v) is 7.63. The van der Waals surface area contributed by atoms with Gasteiger partial charge in [-0.05, 0) is 44.9 Å². The molecule has 4 heterocycles. The molecule has 2 aliphatic rings. The molecule has 0 N–H and O–H groups in total. The van der Waals surface area contributed by atoms with E-state index in [0.29, 0.717) is 5.92 Å². The second-order valence-electron chi connectivity index (χ2n) is 7.63. The molecule has 144 valence electrons. The highest BCUT2D eigenvalue weighted by atomic mass is 15.4. The largest absolute Gasteiger partial charge is 0.353 e. The van der Waals surface area contributed by atoms with Crippen molar-refractivity contribution in [2.45, 2.75) is 32.6 Å². The summed E-state index contributed by atoms with van der Waals surface area (Å²) >= 11 is 0. The molecule has 0 bridgehead atoms. The van der Waals surface area contributed by atoms with Crippen LogP contribution in [0.1, 0.15) is 36.0 Å². The normalized spacial score (nSPS) is 17.2. The Morgan fingerprint density at radius 3 is 2.07 bits per heavy atom. The first-order chi connectivity index (χ1) is 13.7. The lowest BCUT2D eigenvalue weighted by Gasteiger charge is -2.36. The zero-order valence-corrected chi connectivity index (χ0v) is 16.3. The van der Waals surface area contributed by atoms with Crippen LogP contribution < -0.4 is 9.80 Å². The van der Waals surface area contributed by atoms with Gasteiger partial charge < -0.3 is 9.80 Å². The monoisotopic (exact) mass is 376 g/mol. The quantitative estimate of drug-likeness (QED) is 0.691. The number of anilines is 2. The van der Waals surface area contributed by atoms with Crippen molar-refractivity contribution in [3.05, 3.63) is 47.7 Å². The second kappa shape index (κ2) is 6.85. The lowest BCUT2D eigenvalue weighted by molar-refractivity contribution is 0.634. The predicted octanol–water partition coefficient (Wildman–Crippen LogP) is 2.27. The SMILES string of the molecule is Cc1cc(N2CCN(c3ccc(-n4ccc(C)n4)nn3)CC2)nc(C2CC2)n1. The van der Waals surface area contributed by atoms with E-state index in [1.54, 1.807) is 4.68 Å². The van der Waals surface area contributed by atoms with Gasteiger partial charge in [-0.3, -0.25) is 0 Å². The fraction of sp³-hybridized carbons (Fsp3) is 0.450. The van der Waals surface area contributed by atoms with Crippen LogP contribution in [0.4, 0.5) is 11.6 Å². The molecule has 0 amide bonds. The molecule has 0 spiro atoms. The summed E-state index contributed by atoms with van der Waals surface area (Å²) in [5.41, 5.74) is 2.02. The van der Waals surface area contributed by atoms with E-state index in [9.17, 15) is 0 Å². The lowest BCUT2D eigenvalue weighted by Crippen LogP contribution is -2.47. The maximum atomic E-state index is 4.82. The Morgan fingerprint density at radius 2 is 1.46 bits per heavy atom. The van der Waals surface area contributed by atoms with Gasteiger partial charge >= 0.3 is 0 Å². The number of rotatable bonds is 4. The number of aryl methyl sites for hydroxylation is 2. The third-order valence-electron chi connectivity index (χ3n) is 5.32. The average molecular weight is 376 g/mol. The summed E-state index contributed by atoms with van der Waals surface area (Å²) < 4.78 is 1.75. The van der Waals surface area contributed by atoms with Crippen molar-refractivity contribution in [3.63, 3.8) is 0 Å². The highest BCUT2D eigenvalue weighted by molar-refractivity contribution is 5.46. The van der Waals surface area contributed by atoms with Gasteiger partial charge in [0.2, 0.25) is 0 Å². The third-order valence-corrected chi connectivity index (χ3v) is 5.32. The van der Waals surface area contributed by atoms with Crippen LogP contribution in [0.25, 0.3) is 5.82 Å². The molecule has 1 saturated heterocycles. The van der Waals surface area contributed by atoms with E-state index in [-0.39, 0.29) is 0 Å². The van der Waals surface area contributed by atoms with E-state index >= 15 is 0 Å². The number of piperazine rings is 1. The molecule has 1 aliphatic heterocycles. The zero-order valence-electron chi connectivity index (χ0n) is 16.3. The van der Waals surface area contributed by atoms with Crippen molar-refractivity contribution < 1.29 is 0 Å². The van der Waals surface area contributed by atoms with E-state index < -0.39 is 0 Å². The molecule has 0 atom stereocenters. The topological polar surface area (TPSA) is 75.9 Å². The van der Waals surface area contributed by atoms with Gasteiger partial charge in [0.25, 0.3) is 0 Å². The fourth-order valence-corrected chi connectivity index (χ4v) is 3.58. The molecule has 0 unspecified atom stereocenters. The minimum atomic E-state index is 0.576. The van der Waals surface area contributed by atoms with Crippen molar-refractivity contribution in [1.29, 1.82) is 0 Å². The first-order valence-electron chi connectivity index (χ1n) is 9.87. The van der Waals surface area contributed by atoms with Gasteiger partial charge in [0.15, 0.2) is 11.6 Å². The van der Waals surface area contributed by atoms with Crippen LogP contribution in [0.5, 0.6) is 0 Å². The highest BCUT2D eigenvalue weighted by Gasteiger charge is 2.28. The predicted molar refractivity (Wildman–Crippen MR) is 107 cm³/mol. The van der Waals surface area contributed by atoms with E-state index in [2.05, 4.69) is 43.1 Å². The summed E-state index contributed by atoms with van der Waals surface area (Å²) in [6.45, 7) is 7.66. The summed E-state index contributed by atoms with van der Waals surface area (Å²) in [5.74, 6) is 4.30. The maximum absolute atomic E-state index is 4.82. The Bertz CT molecular complexity index is 968. The van der Waals surface area contributed by atoms with Crippen LogP contribution >= 0.6 is 0 Å². The Morgan fingerprint density at radius 1 is 0.786 bits per heavy atom. The van der Waals surface area contributed by atoms with Crippen LogP contribution in [0.15, 0.2) is 30.5 Å². The molecule has 1 aliphatic carbocycles. The molecular formula is C20H24N8. The number of nitrogens with zero attached hydrogens (tertiary/aromatic N) is 8. The van der Waals surface area contributed by atoms with Crippen LogP contribution in [0, 0.1) is 13.8 Å². The van der Waals surface area contributed by atoms with Gasteiger partial charge in [0, 0.05) is 50.1 Å². The molecule has 3 aromatic rings. The fourth-order valence-electron chi connectivity index (χ4n) is 3.58. The van der Waals surface area contributed by atoms with Crippen molar-refractivity contribution in [2.75, 3.05) is 36.0 Å². The third kappa shape index (κ3) is 3.42. The number of hydrogen-bond acceptors (Lipinski definition) is 7. The van der Waals surface area contributed by atoms with E-state index in [1.165, 1.54) is 12.8 Å². The van der Waals surface area contributed by atoms with Gasteiger partial charge in [-0.25, -0.2) is 14.6 Å². The number of aromatic nitrogens is 6. The Balaban J connectivity index is 1.26. The molecule has 8 heteroatoms. The minimum Gasteiger partial charge on any atom is -0.353 e. The van der Waals surface area contributed by atoms with Gasteiger partial charge in [0.1, 0.15) is 11.6 Å². The summed E-state index contributed by atoms with van der Waals surface area (Å²) in [7, 11) is 0. The van der Waals surface area contributed by atoms with Crippen LogP contribution in [0.3, 0.4) is 0 Å². The molecule has 1 saturated carbocycles. The van der Waals surface area contributed by atoms with Gasteiger partial charge in [-0.15, -0.1) is 10.2 Å². The van der Waals surface area contributed by atoms with Crippen molar-refractivity contribution in [2.24, 2.45) is 0 Å². The Hall–Kier alpha value is -3.03. The standard InChI is InChI=1S/C20H24N8/c1-14-7-8-28(25-14)18-6-5-17(23-24-18)26-9-11-27(12-10-26)19-13-15(2)21-20(22-19)16-3-4-16/h5-8,13,16H,3-4,9-12H2,1-2H3. The Labute approximate surface area is 164 Å². The van der Waals surface area contributed by atoms with Gasteiger partial charge in [0.05, 0.1) is 5.69 Å². The van der Waals surface area contributed by atoms with Crippen LogP contribution in [-0.2, 0) is 0 Å². The molecule has 0 aromatic carbocycles. The molecule has 28 heavy (non-hydrogen) atoms. The van der Waals surface area contributed by atoms with Crippen molar-refractivity contribution >= 4 is 11.6 Å². The minimum absolute atomic E-state index is 0.576.